The minimum absolute atomic E-state index is 0.775. The van der Waals surface area contributed by atoms with E-state index in [0.29, 0.717) is 0 Å². The van der Waals surface area contributed by atoms with Crippen LogP contribution in [0.2, 0.25) is 0 Å². The lowest BCUT2D eigenvalue weighted by Crippen LogP contribution is -2.53. The van der Waals surface area contributed by atoms with Gasteiger partial charge in [-0.1, -0.05) is 0 Å². The molecule has 1 N–H and O–H groups in total. The average Bonchev–Trinajstić information content (AvgIpc) is 2.58. The van der Waals surface area contributed by atoms with Crippen LogP contribution in [-0.4, -0.2) is 54.7 Å². The summed E-state index contributed by atoms with van der Waals surface area (Å²) in [5.41, 5.74) is -2.06. The first-order chi connectivity index (χ1) is 8.68. The van der Waals surface area contributed by atoms with Gasteiger partial charge in [0, 0.05) is 0 Å². The van der Waals surface area contributed by atoms with E-state index in [4.69, 9.17) is 14.6 Å². The lowest BCUT2D eigenvalue weighted by atomic mass is 9.92. The van der Waals surface area contributed by atoms with Crippen molar-refractivity contribution in [2.75, 3.05) is 14.2 Å². The molecule has 0 bridgehead atoms. The number of carbonyl (C=O) groups excluding carboxylic acids is 2. The van der Waals surface area contributed by atoms with E-state index in [2.05, 4.69) is 9.47 Å². The zero-order valence-corrected chi connectivity index (χ0v) is 11.1. The molecule has 1 saturated heterocycles. The summed E-state index contributed by atoms with van der Waals surface area (Å²) in [6.45, 7) is 2.91. The van der Waals surface area contributed by atoms with Gasteiger partial charge in [0.05, 0.1) is 20.6 Å². The van der Waals surface area contributed by atoms with Crippen LogP contribution < -0.4 is 0 Å². The second kappa shape index (κ2) is 5.14. The van der Waals surface area contributed by atoms with E-state index in [1.165, 1.54) is 13.8 Å². The number of rotatable bonds is 4. The summed E-state index contributed by atoms with van der Waals surface area (Å²) in [6, 6.07) is 0. The van der Waals surface area contributed by atoms with Gasteiger partial charge in [-0.15, -0.1) is 0 Å². The van der Waals surface area contributed by atoms with Crippen molar-refractivity contribution in [1.29, 1.82) is 0 Å². The molecule has 1 fully saturated rings. The molecule has 8 nitrogen and oxygen atoms in total. The van der Waals surface area contributed by atoms with Gasteiger partial charge in [0.2, 0.25) is 5.60 Å². The van der Waals surface area contributed by atoms with E-state index in [9.17, 15) is 14.4 Å². The van der Waals surface area contributed by atoms with Gasteiger partial charge in [-0.2, -0.15) is 0 Å². The topological polar surface area (TPSA) is 108 Å². The predicted octanol–water partition coefficient (Wildman–Crippen LogP) is -0.303. The maximum absolute atomic E-state index is 11.9. The molecular formula is C11H16O8. The standard InChI is InChI=1S/C11H16O8/c1-10(2)18-7(8(14)16-3)11(19-10,5-6(12)13)9(15)17-4/h7H,5H2,1-4H3,(H,12,13)/t7-,11+/m0/s1. The largest absolute Gasteiger partial charge is 0.481 e. The molecule has 1 heterocycles. The van der Waals surface area contributed by atoms with E-state index in [-0.39, 0.29) is 0 Å². The Morgan fingerprint density at radius 1 is 1.21 bits per heavy atom. The molecule has 1 aliphatic rings. The van der Waals surface area contributed by atoms with Gasteiger partial charge < -0.3 is 24.1 Å². The summed E-state index contributed by atoms with van der Waals surface area (Å²) >= 11 is 0. The Labute approximate surface area is 109 Å². The number of carbonyl (C=O) groups is 3. The van der Waals surface area contributed by atoms with Gasteiger partial charge in [-0.25, -0.2) is 9.59 Å². The molecular weight excluding hydrogens is 260 g/mol. The maximum Gasteiger partial charge on any atom is 0.342 e. The van der Waals surface area contributed by atoms with Gasteiger partial charge in [0.15, 0.2) is 11.9 Å². The first kappa shape index (κ1) is 15.4. The minimum atomic E-state index is -2.06. The van der Waals surface area contributed by atoms with Gasteiger partial charge in [-0.05, 0) is 13.8 Å². The molecule has 8 heteroatoms. The Hall–Kier alpha value is -1.67. The molecule has 0 aliphatic carbocycles. The molecule has 2 atom stereocenters. The number of methoxy groups -OCH3 is 2. The number of hydrogen-bond donors (Lipinski definition) is 1. The van der Waals surface area contributed by atoms with Crippen LogP contribution in [0.5, 0.6) is 0 Å². The first-order valence-corrected chi connectivity index (χ1v) is 5.44. The molecule has 0 aromatic heterocycles. The Morgan fingerprint density at radius 2 is 1.79 bits per heavy atom. The summed E-state index contributed by atoms with van der Waals surface area (Å²) in [7, 11) is 2.16. The highest BCUT2D eigenvalue weighted by atomic mass is 16.8. The van der Waals surface area contributed by atoms with Crippen LogP contribution in [0, 0.1) is 0 Å². The third kappa shape index (κ3) is 2.85. The van der Waals surface area contributed by atoms with Crippen molar-refractivity contribution >= 4 is 17.9 Å². The summed E-state index contributed by atoms with van der Waals surface area (Å²) in [5.74, 6) is -4.56. The molecule has 108 valence electrons. The maximum atomic E-state index is 11.9. The zero-order valence-electron chi connectivity index (χ0n) is 11.1. The van der Waals surface area contributed by atoms with Crippen LogP contribution in [-0.2, 0) is 33.3 Å². The molecule has 0 amide bonds. The smallest absolute Gasteiger partial charge is 0.342 e. The van der Waals surface area contributed by atoms with Crippen molar-refractivity contribution in [3.63, 3.8) is 0 Å². The summed E-state index contributed by atoms with van der Waals surface area (Å²) in [6.07, 6.45) is -2.28. The molecule has 0 spiro atoms. The van der Waals surface area contributed by atoms with Crippen LogP contribution in [0.4, 0.5) is 0 Å². The van der Waals surface area contributed by atoms with Crippen LogP contribution >= 0.6 is 0 Å². The molecule has 0 aromatic rings. The fourth-order valence-electron chi connectivity index (χ4n) is 1.99. The lowest BCUT2D eigenvalue weighted by Gasteiger charge is -2.27. The van der Waals surface area contributed by atoms with Crippen LogP contribution in [0.3, 0.4) is 0 Å². The van der Waals surface area contributed by atoms with E-state index in [1.807, 2.05) is 0 Å². The fraction of sp³-hybridized carbons (Fsp3) is 0.727. The number of carboxylic acid groups (broad SMARTS) is 1. The molecule has 1 rings (SSSR count). The number of ether oxygens (including phenoxy) is 4. The van der Waals surface area contributed by atoms with Crippen LogP contribution in [0.25, 0.3) is 0 Å². The zero-order chi connectivity index (χ0) is 14.8. The van der Waals surface area contributed by atoms with Crippen molar-refractivity contribution in [2.24, 2.45) is 0 Å². The highest BCUT2D eigenvalue weighted by Crippen LogP contribution is 2.40. The van der Waals surface area contributed by atoms with E-state index in [0.717, 1.165) is 14.2 Å². The summed E-state index contributed by atoms with van der Waals surface area (Å²) in [4.78, 5) is 34.5. The Kier molecular flexibility index (Phi) is 4.16. The minimum Gasteiger partial charge on any atom is -0.481 e. The third-order valence-electron chi connectivity index (χ3n) is 2.61. The van der Waals surface area contributed by atoms with Crippen molar-refractivity contribution in [3.8, 4) is 0 Å². The Morgan fingerprint density at radius 3 is 2.21 bits per heavy atom. The predicted molar refractivity (Wildman–Crippen MR) is 59.1 cm³/mol. The van der Waals surface area contributed by atoms with Crippen molar-refractivity contribution in [3.05, 3.63) is 0 Å². The lowest BCUT2D eigenvalue weighted by molar-refractivity contribution is -0.191. The van der Waals surface area contributed by atoms with Crippen molar-refractivity contribution < 1.29 is 38.4 Å². The highest BCUT2D eigenvalue weighted by Gasteiger charge is 2.63. The van der Waals surface area contributed by atoms with Crippen LogP contribution in [0.1, 0.15) is 20.3 Å². The molecule has 0 unspecified atom stereocenters. The van der Waals surface area contributed by atoms with E-state index < -0.39 is 41.8 Å². The van der Waals surface area contributed by atoms with Gasteiger partial charge in [0.25, 0.3) is 0 Å². The third-order valence-corrected chi connectivity index (χ3v) is 2.61. The van der Waals surface area contributed by atoms with Crippen molar-refractivity contribution in [1.82, 2.24) is 0 Å². The monoisotopic (exact) mass is 276 g/mol. The fourth-order valence-corrected chi connectivity index (χ4v) is 1.99. The number of esters is 2. The second-order valence-electron chi connectivity index (χ2n) is 4.47. The SMILES string of the molecule is COC(=O)[C@@H]1OC(C)(C)O[C@@]1(CC(=O)O)C(=O)OC. The molecule has 19 heavy (non-hydrogen) atoms. The second-order valence-corrected chi connectivity index (χ2v) is 4.47. The van der Waals surface area contributed by atoms with E-state index >= 15 is 0 Å². The molecule has 0 radical (unpaired) electrons. The van der Waals surface area contributed by atoms with Gasteiger partial charge in [-0.3, -0.25) is 4.79 Å². The summed E-state index contributed by atoms with van der Waals surface area (Å²) < 4.78 is 19.7. The van der Waals surface area contributed by atoms with Gasteiger partial charge in [0.1, 0.15) is 0 Å². The van der Waals surface area contributed by atoms with Gasteiger partial charge >= 0.3 is 17.9 Å². The summed E-state index contributed by atoms with van der Waals surface area (Å²) in [5, 5.41) is 8.93. The average molecular weight is 276 g/mol. The van der Waals surface area contributed by atoms with Crippen molar-refractivity contribution in [2.45, 2.75) is 37.8 Å². The Bertz CT molecular complexity index is 401. The number of aliphatic carboxylic acids is 1. The van der Waals surface area contributed by atoms with Crippen LogP contribution in [0.15, 0.2) is 0 Å². The normalized spacial score (nSPS) is 28.7. The molecule has 0 saturated carbocycles. The number of carboxylic acids is 1. The quantitative estimate of drug-likeness (QED) is 0.697. The van der Waals surface area contributed by atoms with E-state index in [1.54, 1.807) is 0 Å². The molecule has 0 aromatic carbocycles. The first-order valence-electron chi connectivity index (χ1n) is 5.44. The Balaban J connectivity index is 3.27. The molecule has 1 aliphatic heterocycles. The number of hydrogen-bond acceptors (Lipinski definition) is 7. The highest BCUT2D eigenvalue weighted by molar-refractivity contribution is 5.93.